The molecule has 0 unspecified atom stereocenters. The van der Waals surface area contributed by atoms with Crippen molar-refractivity contribution >= 4 is 17.3 Å². The van der Waals surface area contributed by atoms with Crippen molar-refractivity contribution < 1.29 is 0 Å². The molecule has 1 fully saturated rings. The van der Waals surface area contributed by atoms with Gasteiger partial charge >= 0.3 is 0 Å². The maximum atomic E-state index is 12.0. The minimum absolute atomic E-state index is 0.198. The molecule has 1 aliphatic rings. The second-order valence-electron chi connectivity index (χ2n) is 5.62. The van der Waals surface area contributed by atoms with Gasteiger partial charge in [-0.3, -0.25) is 4.79 Å². The van der Waals surface area contributed by atoms with E-state index >= 15 is 0 Å². The smallest absolute Gasteiger partial charge is 0.287 e. The largest absolute Gasteiger partial charge is 0.382 e. The van der Waals surface area contributed by atoms with E-state index in [9.17, 15) is 4.79 Å². The molecular formula is C15H24ClN3O. The molecule has 1 N–H and O–H groups in total. The van der Waals surface area contributed by atoms with Gasteiger partial charge in [0.05, 0.1) is 11.9 Å². The minimum atomic E-state index is -0.198. The van der Waals surface area contributed by atoms with Crippen LogP contribution in [0.5, 0.6) is 0 Å². The highest BCUT2D eigenvalue weighted by molar-refractivity contribution is 6.32. The third-order valence-electron chi connectivity index (χ3n) is 4.01. The fourth-order valence-corrected chi connectivity index (χ4v) is 3.06. The summed E-state index contributed by atoms with van der Waals surface area (Å²) in [6, 6.07) is 0. The van der Waals surface area contributed by atoms with Crippen molar-refractivity contribution in [2.24, 2.45) is 5.92 Å². The second kappa shape index (κ2) is 7.67. The maximum Gasteiger partial charge on any atom is 0.287 e. The van der Waals surface area contributed by atoms with Crippen LogP contribution in [0.25, 0.3) is 0 Å². The number of nitrogens with zero attached hydrogens (tertiary/aromatic N) is 2. The summed E-state index contributed by atoms with van der Waals surface area (Å²) in [5.74, 6) is 0.823. The van der Waals surface area contributed by atoms with E-state index in [1.165, 1.54) is 36.8 Å². The van der Waals surface area contributed by atoms with Crippen molar-refractivity contribution in [2.75, 3.05) is 11.9 Å². The fraction of sp³-hybridized carbons (Fsp3) is 0.733. The molecule has 1 aliphatic carbocycles. The van der Waals surface area contributed by atoms with Crippen LogP contribution < -0.4 is 10.9 Å². The molecule has 0 bridgehead atoms. The van der Waals surface area contributed by atoms with Gasteiger partial charge in [-0.05, 0) is 18.8 Å². The molecule has 0 atom stereocenters. The highest BCUT2D eigenvalue weighted by atomic mass is 35.5. The molecule has 0 spiro atoms. The molecule has 0 amide bonds. The van der Waals surface area contributed by atoms with Gasteiger partial charge in [-0.1, -0.05) is 50.6 Å². The molecule has 4 nitrogen and oxygen atoms in total. The molecule has 0 aliphatic heterocycles. The Morgan fingerprint density at radius 3 is 2.85 bits per heavy atom. The molecule has 1 aromatic rings. The summed E-state index contributed by atoms with van der Waals surface area (Å²) in [6.07, 6.45) is 10.5. The summed E-state index contributed by atoms with van der Waals surface area (Å²) in [4.78, 5) is 12.0. The molecule has 1 saturated carbocycles. The van der Waals surface area contributed by atoms with E-state index in [1.807, 2.05) is 6.92 Å². The maximum absolute atomic E-state index is 12.0. The molecule has 1 aromatic heterocycles. The lowest BCUT2D eigenvalue weighted by molar-refractivity contribution is 0.345. The topological polar surface area (TPSA) is 46.9 Å². The van der Waals surface area contributed by atoms with Gasteiger partial charge in [0.2, 0.25) is 0 Å². The predicted molar refractivity (Wildman–Crippen MR) is 83.5 cm³/mol. The van der Waals surface area contributed by atoms with Crippen molar-refractivity contribution in [1.29, 1.82) is 0 Å². The molecular weight excluding hydrogens is 274 g/mol. The molecule has 5 heteroatoms. The van der Waals surface area contributed by atoms with Crippen molar-refractivity contribution in [3.63, 3.8) is 0 Å². The number of hydrogen-bond acceptors (Lipinski definition) is 3. The first-order chi connectivity index (χ1) is 9.72. The SMILES string of the molecule is CCCn1ncc(NCCC2CCCCC2)c(Cl)c1=O. The first kappa shape index (κ1) is 15.4. The molecule has 0 radical (unpaired) electrons. The monoisotopic (exact) mass is 297 g/mol. The van der Waals surface area contributed by atoms with Gasteiger partial charge in [0, 0.05) is 13.1 Å². The molecule has 1 heterocycles. The summed E-state index contributed by atoms with van der Waals surface area (Å²) in [5, 5.41) is 7.68. The van der Waals surface area contributed by atoms with Crippen molar-refractivity contribution in [3.05, 3.63) is 21.6 Å². The third-order valence-corrected chi connectivity index (χ3v) is 4.38. The average Bonchev–Trinajstić information content (AvgIpc) is 2.48. The van der Waals surface area contributed by atoms with Crippen LogP contribution in [-0.2, 0) is 6.54 Å². The Bertz CT molecular complexity index is 480. The highest BCUT2D eigenvalue weighted by Crippen LogP contribution is 2.26. The van der Waals surface area contributed by atoms with Crippen LogP contribution in [0.2, 0.25) is 5.02 Å². The van der Waals surface area contributed by atoms with E-state index in [-0.39, 0.29) is 10.6 Å². The van der Waals surface area contributed by atoms with Crippen LogP contribution in [0.3, 0.4) is 0 Å². The Morgan fingerprint density at radius 2 is 2.15 bits per heavy atom. The van der Waals surface area contributed by atoms with Crippen LogP contribution in [0.15, 0.2) is 11.0 Å². The summed E-state index contributed by atoms with van der Waals surface area (Å²) in [5.41, 5.74) is 0.469. The van der Waals surface area contributed by atoms with Gasteiger partial charge in [-0.25, -0.2) is 4.68 Å². The summed E-state index contributed by atoms with van der Waals surface area (Å²) in [7, 11) is 0. The fourth-order valence-electron chi connectivity index (χ4n) is 2.85. The summed E-state index contributed by atoms with van der Waals surface area (Å²) < 4.78 is 1.43. The lowest BCUT2D eigenvalue weighted by atomic mass is 9.87. The van der Waals surface area contributed by atoms with Crippen molar-refractivity contribution in [1.82, 2.24) is 9.78 Å². The zero-order valence-electron chi connectivity index (χ0n) is 12.2. The Morgan fingerprint density at radius 1 is 1.40 bits per heavy atom. The number of aryl methyl sites for hydroxylation is 1. The van der Waals surface area contributed by atoms with E-state index in [4.69, 9.17) is 11.6 Å². The minimum Gasteiger partial charge on any atom is -0.382 e. The number of rotatable bonds is 6. The van der Waals surface area contributed by atoms with Crippen LogP contribution in [-0.4, -0.2) is 16.3 Å². The normalized spacial score (nSPS) is 16.3. The van der Waals surface area contributed by atoms with Crippen molar-refractivity contribution in [3.8, 4) is 0 Å². The number of halogens is 1. The Balaban J connectivity index is 1.89. The second-order valence-corrected chi connectivity index (χ2v) is 6.00. The average molecular weight is 298 g/mol. The molecule has 0 aromatic carbocycles. The van der Waals surface area contributed by atoms with Gasteiger partial charge in [-0.15, -0.1) is 0 Å². The third kappa shape index (κ3) is 3.98. The van der Waals surface area contributed by atoms with Crippen LogP contribution in [0, 0.1) is 5.92 Å². The van der Waals surface area contributed by atoms with Gasteiger partial charge < -0.3 is 5.32 Å². The van der Waals surface area contributed by atoms with E-state index in [2.05, 4.69) is 10.4 Å². The van der Waals surface area contributed by atoms with E-state index in [0.29, 0.717) is 12.2 Å². The number of nitrogens with one attached hydrogen (secondary N) is 1. The molecule has 112 valence electrons. The van der Waals surface area contributed by atoms with E-state index < -0.39 is 0 Å². The predicted octanol–water partition coefficient (Wildman–Crippen LogP) is 3.69. The lowest BCUT2D eigenvalue weighted by Gasteiger charge is -2.21. The highest BCUT2D eigenvalue weighted by Gasteiger charge is 2.13. The number of aromatic nitrogens is 2. The van der Waals surface area contributed by atoms with Crippen molar-refractivity contribution in [2.45, 2.75) is 58.4 Å². The summed E-state index contributed by atoms with van der Waals surface area (Å²) in [6.45, 7) is 3.49. The van der Waals surface area contributed by atoms with E-state index in [0.717, 1.165) is 25.3 Å². The standard InChI is InChI=1S/C15H24ClN3O/c1-2-10-19-15(20)14(16)13(11-18-19)17-9-8-12-6-4-3-5-7-12/h11-12,17H,2-10H2,1H3. The van der Waals surface area contributed by atoms with Gasteiger partial charge in [-0.2, -0.15) is 5.10 Å². The Kier molecular flexibility index (Phi) is 5.89. The van der Waals surface area contributed by atoms with Crippen LogP contribution in [0.1, 0.15) is 51.9 Å². The summed E-state index contributed by atoms with van der Waals surface area (Å²) >= 11 is 6.12. The van der Waals surface area contributed by atoms with Gasteiger partial charge in [0.15, 0.2) is 0 Å². The quantitative estimate of drug-likeness (QED) is 0.871. The first-order valence-corrected chi connectivity index (χ1v) is 8.09. The van der Waals surface area contributed by atoms with Crippen LogP contribution >= 0.6 is 11.6 Å². The molecule has 2 rings (SSSR count). The Labute approximate surface area is 125 Å². The number of anilines is 1. The van der Waals surface area contributed by atoms with Gasteiger partial charge in [0.1, 0.15) is 5.02 Å². The van der Waals surface area contributed by atoms with Gasteiger partial charge in [0.25, 0.3) is 5.56 Å². The van der Waals surface area contributed by atoms with E-state index in [1.54, 1.807) is 6.20 Å². The molecule has 20 heavy (non-hydrogen) atoms. The van der Waals surface area contributed by atoms with Crippen LogP contribution in [0.4, 0.5) is 5.69 Å². The molecule has 0 saturated heterocycles. The zero-order chi connectivity index (χ0) is 14.4. The lowest BCUT2D eigenvalue weighted by Crippen LogP contribution is -2.24. The number of hydrogen-bond donors (Lipinski definition) is 1. The first-order valence-electron chi connectivity index (χ1n) is 7.72. The zero-order valence-corrected chi connectivity index (χ0v) is 13.0. The Hall–Kier alpha value is -1.03.